The minimum Gasteiger partial charge on any atom is -0.372 e. The first-order chi connectivity index (χ1) is 12.5. The van der Waals surface area contributed by atoms with E-state index in [4.69, 9.17) is 9.26 Å². The van der Waals surface area contributed by atoms with Crippen molar-refractivity contribution < 1.29 is 17.7 Å². The number of benzene rings is 2. The van der Waals surface area contributed by atoms with E-state index in [0.717, 1.165) is 5.39 Å². The highest BCUT2D eigenvalue weighted by molar-refractivity contribution is 7.88. The van der Waals surface area contributed by atoms with E-state index < -0.39 is 10.0 Å². The monoisotopic (exact) mass is 372 g/mol. The van der Waals surface area contributed by atoms with Crippen molar-refractivity contribution in [3.8, 4) is 0 Å². The zero-order valence-corrected chi connectivity index (χ0v) is 15.3. The van der Waals surface area contributed by atoms with E-state index >= 15 is 0 Å². The van der Waals surface area contributed by atoms with E-state index in [1.54, 1.807) is 13.1 Å². The maximum Gasteiger partial charge on any atom is 0.219 e. The third-order valence-corrected chi connectivity index (χ3v) is 6.48. The lowest BCUT2D eigenvalue weighted by atomic mass is 9.99. The summed E-state index contributed by atoms with van der Waals surface area (Å²) in [6, 6.07) is 15.4. The summed E-state index contributed by atoms with van der Waals surface area (Å²) in [6.45, 7) is 0.828. The molecule has 6 nitrogen and oxygen atoms in total. The topological polar surface area (TPSA) is 72.6 Å². The Balaban J connectivity index is 1.46. The van der Waals surface area contributed by atoms with Crippen LogP contribution in [0.25, 0.3) is 11.0 Å². The molecule has 1 atom stereocenters. The van der Waals surface area contributed by atoms with Crippen molar-refractivity contribution in [2.45, 2.75) is 24.9 Å². The van der Waals surface area contributed by atoms with Crippen LogP contribution < -0.4 is 0 Å². The Morgan fingerprint density at radius 1 is 1.12 bits per heavy atom. The molecule has 0 fully saturated rings. The van der Waals surface area contributed by atoms with Crippen LogP contribution in [-0.2, 0) is 33.5 Å². The molecule has 3 aromatic rings. The molecule has 0 N–H and O–H groups in total. The number of fused-ring (bicyclic) bond motifs is 2. The molecular formula is C19H20N2O4S. The van der Waals surface area contributed by atoms with Crippen LogP contribution in [0.1, 0.15) is 16.8 Å². The van der Waals surface area contributed by atoms with Crippen molar-refractivity contribution in [1.29, 1.82) is 0 Å². The van der Waals surface area contributed by atoms with Crippen LogP contribution in [0.3, 0.4) is 0 Å². The van der Waals surface area contributed by atoms with Gasteiger partial charge in [0.25, 0.3) is 0 Å². The van der Waals surface area contributed by atoms with E-state index in [1.807, 2.05) is 36.4 Å². The Labute approximate surface area is 152 Å². The molecule has 0 radical (unpaired) electrons. The van der Waals surface area contributed by atoms with E-state index in [-0.39, 0.29) is 11.9 Å². The number of aromatic nitrogens is 1. The van der Waals surface area contributed by atoms with Crippen molar-refractivity contribution in [2.24, 2.45) is 0 Å². The lowest BCUT2D eigenvalue weighted by molar-refractivity contribution is 0.0202. The summed E-state index contributed by atoms with van der Waals surface area (Å²) in [5.41, 5.74) is 3.41. The maximum absolute atomic E-state index is 12.7. The van der Waals surface area contributed by atoms with Crippen LogP contribution in [0.4, 0.5) is 0 Å². The predicted molar refractivity (Wildman–Crippen MR) is 98.0 cm³/mol. The van der Waals surface area contributed by atoms with Crippen LogP contribution in [0.2, 0.25) is 0 Å². The highest BCUT2D eigenvalue weighted by Gasteiger charge is 2.27. The van der Waals surface area contributed by atoms with Crippen LogP contribution >= 0.6 is 0 Å². The normalized spacial score (nSPS) is 17.5. The zero-order valence-electron chi connectivity index (χ0n) is 14.5. The average Bonchev–Trinajstić information content (AvgIpc) is 3.04. The van der Waals surface area contributed by atoms with Gasteiger partial charge in [-0.15, -0.1) is 0 Å². The lowest BCUT2D eigenvalue weighted by Gasteiger charge is -2.28. The molecule has 0 bridgehead atoms. The fourth-order valence-corrected chi connectivity index (χ4v) is 4.42. The lowest BCUT2D eigenvalue weighted by Crippen LogP contribution is -2.38. The van der Waals surface area contributed by atoms with Gasteiger partial charge in [-0.1, -0.05) is 41.6 Å². The molecule has 7 heteroatoms. The summed E-state index contributed by atoms with van der Waals surface area (Å²) in [5, 5.41) is 4.66. The molecule has 1 unspecified atom stereocenters. The number of ether oxygens (including phenoxy) is 1. The van der Waals surface area contributed by atoms with Gasteiger partial charge in [0.2, 0.25) is 10.0 Å². The van der Waals surface area contributed by atoms with Gasteiger partial charge in [-0.2, -0.15) is 0 Å². The van der Waals surface area contributed by atoms with Crippen molar-refractivity contribution in [3.63, 3.8) is 0 Å². The molecule has 1 aromatic heterocycles. The number of hydrogen-bond acceptors (Lipinski definition) is 5. The summed E-state index contributed by atoms with van der Waals surface area (Å²) in [5.74, 6) is -0.191. The number of nitrogens with zero attached hydrogens (tertiary/aromatic N) is 2. The van der Waals surface area contributed by atoms with Crippen molar-refractivity contribution >= 4 is 21.0 Å². The number of para-hydroxylation sites is 1. The number of likely N-dealkylation sites (N-methyl/N-ethyl adjacent to an activating group) is 1. The van der Waals surface area contributed by atoms with Gasteiger partial charge in [0, 0.05) is 25.4 Å². The van der Waals surface area contributed by atoms with Gasteiger partial charge in [0.05, 0.1) is 12.7 Å². The van der Waals surface area contributed by atoms with Crippen LogP contribution in [0.15, 0.2) is 53.1 Å². The molecule has 0 aliphatic carbocycles. The number of rotatable bonds is 5. The third-order valence-electron chi connectivity index (χ3n) is 4.75. The SMILES string of the molecule is CN(CC1Cc2ccccc2CO1)S(=O)(=O)Cc1noc2ccccc12. The predicted octanol–water partition coefficient (Wildman–Crippen LogP) is 2.73. The standard InChI is InChI=1S/C19H20N2O4S/c1-21(11-16-10-14-6-2-3-7-15(14)12-24-16)26(22,23)13-18-17-8-4-5-9-19(17)25-20-18/h2-9,16H,10-13H2,1H3. The highest BCUT2D eigenvalue weighted by Crippen LogP contribution is 2.23. The Kier molecular flexibility index (Phi) is 4.52. The van der Waals surface area contributed by atoms with Gasteiger partial charge in [-0.05, 0) is 23.3 Å². The summed E-state index contributed by atoms with van der Waals surface area (Å²) in [4.78, 5) is 0. The largest absolute Gasteiger partial charge is 0.372 e. The first kappa shape index (κ1) is 17.2. The Morgan fingerprint density at radius 2 is 1.85 bits per heavy atom. The second kappa shape index (κ2) is 6.83. The Hall–Kier alpha value is -2.22. The molecule has 0 saturated carbocycles. The van der Waals surface area contributed by atoms with E-state index in [1.165, 1.54) is 15.4 Å². The van der Waals surface area contributed by atoms with Gasteiger partial charge in [-0.25, -0.2) is 12.7 Å². The average molecular weight is 372 g/mol. The fraction of sp³-hybridized carbons (Fsp3) is 0.316. The third kappa shape index (κ3) is 3.38. The maximum atomic E-state index is 12.7. The second-order valence-electron chi connectivity index (χ2n) is 6.57. The summed E-state index contributed by atoms with van der Waals surface area (Å²) in [7, 11) is -1.94. The molecule has 2 heterocycles. The zero-order chi connectivity index (χ0) is 18.1. The molecule has 26 heavy (non-hydrogen) atoms. The van der Waals surface area contributed by atoms with Gasteiger partial charge in [0.1, 0.15) is 11.4 Å². The van der Waals surface area contributed by atoms with Gasteiger partial charge < -0.3 is 9.26 Å². The Morgan fingerprint density at radius 3 is 2.69 bits per heavy atom. The molecule has 0 saturated heterocycles. The minimum atomic E-state index is -3.52. The molecule has 1 aliphatic rings. The molecule has 4 rings (SSSR count). The van der Waals surface area contributed by atoms with Gasteiger partial charge in [-0.3, -0.25) is 0 Å². The van der Waals surface area contributed by atoms with E-state index in [2.05, 4.69) is 11.2 Å². The van der Waals surface area contributed by atoms with Crippen molar-refractivity contribution in [1.82, 2.24) is 9.46 Å². The first-order valence-electron chi connectivity index (χ1n) is 8.48. The van der Waals surface area contributed by atoms with Crippen LogP contribution in [0.5, 0.6) is 0 Å². The summed E-state index contributed by atoms with van der Waals surface area (Å²) < 4.78 is 37.9. The van der Waals surface area contributed by atoms with E-state index in [9.17, 15) is 8.42 Å². The van der Waals surface area contributed by atoms with Crippen molar-refractivity contribution in [3.05, 3.63) is 65.4 Å². The smallest absolute Gasteiger partial charge is 0.219 e. The molecule has 136 valence electrons. The van der Waals surface area contributed by atoms with Gasteiger partial charge >= 0.3 is 0 Å². The quantitative estimate of drug-likeness (QED) is 0.689. The molecule has 2 aromatic carbocycles. The summed E-state index contributed by atoms with van der Waals surface area (Å²) in [6.07, 6.45) is 0.557. The Bertz CT molecular complexity index is 1030. The molecule has 0 spiro atoms. The molecular weight excluding hydrogens is 352 g/mol. The van der Waals surface area contributed by atoms with Crippen LogP contribution in [0, 0.1) is 0 Å². The number of hydrogen-bond donors (Lipinski definition) is 0. The fourth-order valence-electron chi connectivity index (χ4n) is 3.25. The second-order valence-corrected chi connectivity index (χ2v) is 8.64. The minimum absolute atomic E-state index is 0.154. The van der Waals surface area contributed by atoms with Gasteiger partial charge in [0.15, 0.2) is 5.58 Å². The molecule has 0 amide bonds. The summed E-state index contributed by atoms with van der Waals surface area (Å²) >= 11 is 0. The highest BCUT2D eigenvalue weighted by atomic mass is 32.2. The van der Waals surface area contributed by atoms with E-state index in [0.29, 0.717) is 30.8 Å². The first-order valence-corrected chi connectivity index (χ1v) is 10.1. The van der Waals surface area contributed by atoms with Crippen molar-refractivity contribution in [2.75, 3.05) is 13.6 Å². The van der Waals surface area contributed by atoms with Crippen LogP contribution in [-0.4, -0.2) is 37.6 Å². The number of sulfonamides is 1. The molecule has 1 aliphatic heterocycles.